The van der Waals surface area contributed by atoms with Gasteiger partial charge in [-0.25, -0.2) is 9.37 Å². The van der Waals surface area contributed by atoms with Gasteiger partial charge in [0.2, 0.25) is 11.8 Å². The summed E-state index contributed by atoms with van der Waals surface area (Å²) < 4.78 is 19.6. The quantitative estimate of drug-likeness (QED) is 0.374. The molecule has 1 aromatic carbocycles. The molecule has 0 bridgehead atoms. The smallest absolute Gasteiger partial charge is 0.218 e. The number of hydrogen-bond donors (Lipinski definition) is 4. The maximum Gasteiger partial charge on any atom is 0.218 e. The highest BCUT2D eigenvalue weighted by atomic mass is 19.1. The lowest BCUT2D eigenvalue weighted by atomic mass is 9.73. The van der Waals surface area contributed by atoms with Gasteiger partial charge in [0.05, 0.1) is 18.2 Å². The van der Waals surface area contributed by atoms with Crippen LogP contribution in [0.25, 0.3) is 0 Å². The fourth-order valence-corrected chi connectivity index (χ4v) is 5.18. The second-order valence-electron chi connectivity index (χ2n) is 10.3. The Morgan fingerprint density at radius 3 is 2.67 bits per heavy atom. The van der Waals surface area contributed by atoms with Crippen molar-refractivity contribution < 1.29 is 24.1 Å². The van der Waals surface area contributed by atoms with Crippen LogP contribution in [0.1, 0.15) is 87.6 Å². The van der Waals surface area contributed by atoms with Crippen molar-refractivity contribution in [1.29, 1.82) is 0 Å². The summed E-state index contributed by atoms with van der Waals surface area (Å²) >= 11 is 0. The fraction of sp³-hybridized carbons (Fsp3) is 0.571. The number of halogens is 1. The second-order valence-corrected chi connectivity index (χ2v) is 10.3. The highest BCUT2D eigenvalue weighted by Crippen LogP contribution is 2.48. The van der Waals surface area contributed by atoms with Crippen molar-refractivity contribution in [2.45, 2.75) is 95.1 Å². The summed E-state index contributed by atoms with van der Waals surface area (Å²) in [6.45, 7) is 3.76. The van der Waals surface area contributed by atoms with Crippen LogP contribution in [0.15, 0.2) is 36.5 Å². The first-order valence-corrected chi connectivity index (χ1v) is 13.1. The summed E-state index contributed by atoms with van der Waals surface area (Å²) in [6, 6.07) is 7.42. The predicted molar refractivity (Wildman–Crippen MR) is 135 cm³/mol. The molecule has 8 heteroatoms. The number of unbranched alkanes of at least 4 members (excludes halogenated alkanes) is 1. The third kappa shape index (κ3) is 6.41. The largest absolute Gasteiger partial charge is 0.471 e. The molecule has 196 valence electrons. The van der Waals surface area contributed by atoms with Gasteiger partial charge in [0.25, 0.3) is 0 Å². The maximum absolute atomic E-state index is 13.3. The highest BCUT2D eigenvalue weighted by molar-refractivity contribution is 5.73. The number of aliphatic hydroxyl groups excluding tert-OH is 2. The molecule has 36 heavy (non-hydrogen) atoms. The van der Waals surface area contributed by atoms with Crippen molar-refractivity contribution in [1.82, 2.24) is 15.6 Å². The topological polar surface area (TPSA) is 104 Å². The first-order valence-electron chi connectivity index (χ1n) is 13.1. The van der Waals surface area contributed by atoms with Crippen LogP contribution in [0.3, 0.4) is 0 Å². The van der Waals surface area contributed by atoms with Crippen LogP contribution in [-0.4, -0.2) is 45.4 Å². The molecule has 4 rings (SSSR count). The molecule has 1 saturated carbocycles. The van der Waals surface area contributed by atoms with Crippen molar-refractivity contribution >= 4 is 5.91 Å². The van der Waals surface area contributed by atoms with Crippen LogP contribution >= 0.6 is 0 Å². The Hall–Kier alpha value is -2.55. The molecule has 7 nitrogen and oxygen atoms in total. The number of hydrogen-bond acceptors (Lipinski definition) is 6. The van der Waals surface area contributed by atoms with E-state index in [9.17, 15) is 19.4 Å². The molecule has 0 radical (unpaired) electrons. The number of nitrogens with zero attached hydrogens (tertiary/aromatic N) is 1. The lowest BCUT2D eigenvalue weighted by Gasteiger charge is -2.47. The van der Waals surface area contributed by atoms with Crippen LogP contribution in [0, 0.1) is 5.82 Å². The van der Waals surface area contributed by atoms with E-state index in [4.69, 9.17) is 4.74 Å². The number of amides is 1. The number of aliphatic hydroxyl groups is 2. The SMILES string of the molecule is CCCCC(O)c1cnc2c(c1)[C@@H](NC[C@@H](O)[C@H](Cc1ccc(F)cc1)NC(C)=O)CC1(CCC1)O2. The molecule has 2 aromatic rings. The van der Waals surface area contributed by atoms with Gasteiger partial charge < -0.3 is 25.6 Å². The van der Waals surface area contributed by atoms with Gasteiger partial charge in [0.15, 0.2) is 0 Å². The van der Waals surface area contributed by atoms with Crippen LogP contribution in [-0.2, 0) is 11.2 Å². The number of nitrogens with one attached hydrogen (secondary N) is 2. The number of rotatable bonds is 11. The van der Waals surface area contributed by atoms with E-state index in [1.165, 1.54) is 19.1 Å². The molecule has 1 aliphatic heterocycles. The van der Waals surface area contributed by atoms with Gasteiger partial charge >= 0.3 is 0 Å². The van der Waals surface area contributed by atoms with E-state index in [1.807, 2.05) is 6.07 Å². The predicted octanol–water partition coefficient (Wildman–Crippen LogP) is 3.89. The minimum Gasteiger partial charge on any atom is -0.471 e. The molecule has 1 aliphatic carbocycles. The molecular weight excluding hydrogens is 461 g/mol. The first-order chi connectivity index (χ1) is 17.3. The summed E-state index contributed by atoms with van der Waals surface area (Å²) in [6.07, 6.45) is 7.07. The Bertz CT molecular complexity index is 1030. The summed E-state index contributed by atoms with van der Waals surface area (Å²) in [5, 5.41) is 28.0. The van der Waals surface area contributed by atoms with Gasteiger partial charge in [-0.15, -0.1) is 0 Å². The zero-order valence-electron chi connectivity index (χ0n) is 21.2. The Balaban J connectivity index is 1.49. The number of aromatic nitrogens is 1. The van der Waals surface area contributed by atoms with E-state index in [0.29, 0.717) is 18.7 Å². The van der Waals surface area contributed by atoms with Gasteiger partial charge in [0, 0.05) is 37.7 Å². The third-order valence-electron chi connectivity index (χ3n) is 7.44. The summed E-state index contributed by atoms with van der Waals surface area (Å²) in [7, 11) is 0. The van der Waals surface area contributed by atoms with Gasteiger partial charge in [-0.2, -0.15) is 0 Å². The van der Waals surface area contributed by atoms with Crippen molar-refractivity contribution in [2.75, 3.05) is 6.54 Å². The molecule has 1 aromatic heterocycles. The Morgan fingerprint density at radius 2 is 2.03 bits per heavy atom. The average Bonchev–Trinajstić information content (AvgIpc) is 2.84. The minimum atomic E-state index is -0.867. The number of ether oxygens (including phenoxy) is 1. The Morgan fingerprint density at radius 1 is 1.28 bits per heavy atom. The molecule has 1 amide bonds. The molecule has 4 atom stereocenters. The van der Waals surface area contributed by atoms with E-state index >= 15 is 0 Å². The second kappa shape index (κ2) is 11.7. The molecule has 4 N–H and O–H groups in total. The maximum atomic E-state index is 13.3. The summed E-state index contributed by atoms with van der Waals surface area (Å²) in [4.78, 5) is 16.4. The molecule has 1 unspecified atom stereocenters. The van der Waals surface area contributed by atoms with Crippen molar-refractivity contribution in [2.24, 2.45) is 0 Å². The number of benzene rings is 1. The van der Waals surface area contributed by atoms with E-state index in [-0.39, 0.29) is 29.9 Å². The number of carbonyl (C=O) groups is 1. The van der Waals surface area contributed by atoms with Gasteiger partial charge in [-0.05, 0) is 61.4 Å². The van der Waals surface area contributed by atoms with Crippen molar-refractivity contribution in [3.8, 4) is 5.88 Å². The van der Waals surface area contributed by atoms with Crippen LogP contribution in [0.5, 0.6) is 5.88 Å². The van der Waals surface area contributed by atoms with Crippen LogP contribution < -0.4 is 15.4 Å². The zero-order valence-corrected chi connectivity index (χ0v) is 21.2. The van der Waals surface area contributed by atoms with Gasteiger partial charge in [0.1, 0.15) is 11.4 Å². The monoisotopic (exact) mass is 499 g/mol. The molecule has 1 fully saturated rings. The summed E-state index contributed by atoms with van der Waals surface area (Å²) in [5.74, 6) is 0.0259. The number of carbonyl (C=O) groups excluding carboxylic acids is 1. The lowest BCUT2D eigenvalue weighted by molar-refractivity contribution is -0.120. The highest BCUT2D eigenvalue weighted by Gasteiger charge is 2.46. The molecule has 2 heterocycles. The van der Waals surface area contributed by atoms with Crippen molar-refractivity contribution in [3.63, 3.8) is 0 Å². The number of fused-ring (bicyclic) bond motifs is 1. The zero-order chi connectivity index (χ0) is 25.7. The molecule has 2 aliphatic rings. The Kier molecular flexibility index (Phi) is 8.59. The number of pyridine rings is 1. The van der Waals surface area contributed by atoms with Crippen LogP contribution in [0.4, 0.5) is 4.39 Å². The standard InChI is InChI=1S/C28H38FN3O4/c1-3-4-6-25(34)20-14-22-24(15-28(11-5-12-28)36-27(22)31-16-20)30-17-26(35)23(32-18(2)33)13-19-7-9-21(29)10-8-19/h7-10,14,16,23-26,30,34-35H,3-6,11-13,15,17H2,1-2H3,(H,32,33)/t23-,24-,25?,26+/m0/s1. The summed E-state index contributed by atoms with van der Waals surface area (Å²) in [5.41, 5.74) is 2.25. The normalized spacial score (nSPS) is 20.5. The van der Waals surface area contributed by atoms with Crippen molar-refractivity contribution in [3.05, 3.63) is 59.0 Å². The average molecular weight is 500 g/mol. The first kappa shape index (κ1) is 26.5. The Labute approximate surface area is 212 Å². The van der Waals surface area contributed by atoms with E-state index in [2.05, 4.69) is 22.5 Å². The molecular formula is C28H38FN3O4. The van der Waals surface area contributed by atoms with E-state index < -0.39 is 18.2 Å². The molecule has 1 spiro atoms. The minimum absolute atomic E-state index is 0.0988. The fourth-order valence-electron chi connectivity index (χ4n) is 5.18. The van der Waals surface area contributed by atoms with Gasteiger partial charge in [-0.3, -0.25) is 4.79 Å². The van der Waals surface area contributed by atoms with Gasteiger partial charge in [-0.1, -0.05) is 31.9 Å². The van der Waals surface area contributed by atoms with E-state index in [1.54, 1.807) is 18.3 Å². The van der Waals surface area contributed by atoms with E-state index in [0.717, 1.165) is 55.2 Å². The van der Waals surface area contributed by atoms with Crippen LogP contribution in [0.2, 0.25) is 0 Å². The lowest BCUT2D eigenvalue weighted by Crippen LogP contribution is -2.52. The third-order valence-corrected chi connectivity index (χ3v) is 7.44. The molecule has 0 saturated heterocycles.